The van der Waals surface area contributed by atoms with Crippen molar-refractivity contribution in [2.45, 2.75) is 33.1 Å². The van der Waals surface area contributed by atoms with Gasteiger partial charge in [0, 0.05) is 20.8 Å². The molecule has 0 N–H and O–H groups in total. The SMILES string of the molecule is CCC(C)c1nc(-c2cccc(Br)c2)c(C)s1. The predicted molar refractivity (Wildman–Crippen MR) is 78.7 cm³/mol. The summed E-state index contributed by atoms with van der Waals surface area (Å²) >= 11 is 5.33. The summed E-state index contributed by atoms with van der Waals surface area (Å²) in [5.41, 5.74) is 2.33. The minimum atomic E-state index is 0.555. The van der Waals surface area contributed by atoms with Crippen LogP contribution in [0.25, 0.3) is 11.3 Å². The highest BCUT2D eigenvalue weighted by Gasteiger charge is 2.13. The molecule has 0 aliphatic carbocycles. The summed E-state index contributed by atoms with van der Waals surface area (Å²) in [4.78, 5) is 6.09. The van der Waals surface area contributed by atoms with Crippen molar-refractivity contribution < 1.29 is 0 Å². The largest absolute Gasteiger partial charge is 0.241 e. The van der Waals surface area contributed by atoms with Crippen molar-refractivity contribution in [1.29, 1.82) is 0 Å². The lowest BCUT2D eigenvalue weighted by Gasteiger charge is -2.02. The molecular weight excluding hydrogens is 294 g/mol. The summed E-state index contributed by atoms with van der Waals surface area (Å²) in [7, 11) is 0. The Labute approximate surface area is 115 Å². The molecule has 0 bridgehead atoms. The van der Waals surface area contributed by atoms with Gasteiger partial charge >= 0.3 is 0 Å². The lowest BCUT2D eigenvalue weighted by atomic mass is 10.1. The molecule has 0 spiro atoms. The van der Waals surface area contributed by atoms with Gasteiger partial charge in [0.05, 0.1) is 10.7 Å². The maximum Gasteiger partial charge on any atom is 0.0963 e. The Balaban J connectivity index is 2.42. The van der Waals surface area contributed by atoms with Crippen LogP contribution >= 0.6 is 27.3 Å². The van der Waals surface area contributed by atoms with Gasteiger partial charge in [0.15, 0.2) is 0 Å². The zero-order chi connectivity index (χ0) is 12.4. The van der Waals surface area contributed by atoms with Gasteiger partial charge in [-0.1, -0.05) is 41.9 Å². The van der Waals surface area contributed by atoms with Crippen molar-refractivity contribution in [3.05, 3.63) is 38.6 Å². The molecule has 0 fully saturated rings. The number of rotatable bonds is 3. The third-order valence-electron chi connectivity index (χ3n) is 2.95. The molecular formula is C14H16BrNS. The Hall–Kier alpha value is -0.670. The van der Waals surface area contributed by atoms with Crippen LogP contribution in [0.2, 0.25) is 0 Å². The Morgan fingerprint density at radius 3 is 2.82 bits per heavy atom. The number of aromatic nitrogens is 1. The lowest BCUT2D eigenvalue weighted by molar-refractivity contribution is 0.727. The molecule has 1 heterocycles. The molecule has 3 heteroatoms. The van der Waals surface area contributed by atoms with Gasteiger partial charge in [0.2, 0.25) is 0 Å². The second-order valence-electron chi connectivity index (χ2n) is 4.28. The summed E-state index contributed by atoms with van der Waals surface area (Å²) in [5.74, 6) is 0.555. The van der Waals surface area contributed by atoms with Gasteiger partial charge in [-0.25, -0.2) is 4.98 Å². The number of aryl methyl sites for hydroxylation is 1. The number of hydrogen-bond donors (Lipinski definition) is 0. The molecule has 1 aromatic heterocycles. The molecule has 0 saturated carbocycles. The molecule has 1 aromatic carbocycles. The molecule has 17 heavy (non-hydrogen) atoms. The van der Waals surface area contributed by atoms with Crippen LogP contribution in [0.3, 0.4) is 0 Å². The van der Waals surface area contributed by atoms with E-state index in [1.807, 2.05) is 17.4 Å². The number of thiazole rings is 1. The maximum absolute atomic E-state index is 4.79. The monoisotopic (exact) mass is 309 g/mol. The van der Waals surface area contributed by atoms with E-state index in [1.165, 1.54) is 15.4 Å². The van der Waals surface area contributed by atoms with E-state index in [9.17, 15) is 0 Å². The summed E-state index contributed by atoms with van der Waals surface area (Å²) < 4.78 is 1.10. The van der Waals surface area contributed by atoms with Crippen molar-refractivity contribution in [3.63, 3.8) is 0 Å². The zero-order valence-corrected chi connectivity index (χ0v) is 12.7. The fourth-order valence-corrected chi connectivity index (χ4v) is 3.18. The molecule has 2 aromatic rings. The summed E-state index contributed by atoms with van der Waals surface area (Å²) in [5, 5.41) is 1.25. The van der Waals surface area contributed by atoms with E-state index >= 15 is 0 Å². The van der Waals surface area contributed by atoms with E-state index in [1.54, 1.807) is 0 Å². The van der Waals surface area contributed by atoms with Crippen LogP contribution in [0.15, 0.2) is 28.7 Å². The second kappa shape index (κ2) is 5.32. The van der Waals surface area contributed by atoms with Crippen molar-refractivity contribution in [1.82, 2.24) is 4.98 Å². The molecule has 90 valence electrons. The second-order valence-corrected chi connectivity index (χ2v) is 6.43. The normalized spacial score (nSPS) is 12.7. The van der Waals surface area contributed by atoms with Crippen LogP contribution in [0.5, 0.6) is 0 Å². The first-order chi connectivity index (χ1) is 8.11. The molecule has 0 aliphatic heterocycles. The summed E-state index contributed by atoms with van der Waals surface area (Å²) in [6.45, 7) is 6.60. The van der Waals surface area contributed by atoms with E-state index in [0.717, 1.165) is 16.6 Å². The van der Waals surface area contributed by atoms with Gasteiger partial charge in [-0.05, 0) is 25.5 Å². The average Bonchev–Trinajstić information content (AvgIpc) is 2.70. The van der Waals surface area contributed by atoms with Crippen molar-refractivity contribution in [2.24, 2.45) is 0 Å². The minimum Gasteiger partial charge on any atom is -0.241 e. The smallest absolute Gasteiger partial charge is 0.0963 e. The first-order valence-corrected chi connectivity index (χ1v) is 7.46. The van der Waals surface area contributed by atoms with Crippen LogP contribution in [-0.2, 0) is 0 Å². The Kier molecular flexibility index (Phi) is 4.00. The third kappa shape index (κ3) is 2.78. The van der Waals surface area contributed by atoms with Crippen molar-refractivity contribution >= 4 is 27.3 Å². The summed E-state index contributed by atoms with van der Waals surface area (Å²) in [6, 6.07) is 8.34. The highest BCUT2D eigenvalue weighted by Crippen LogP contribution is 2.33. The molecule has 0 amide bonds. The highest BCUT2D eigenvalue weighted by molar-refractivity contribution is 9.10. The van der Waals surface area contributed by atoms with E-state index < -0.39 is 0 Å². The predicted octanol–water partition coefficient (Wildman–Crippen LogP) is 5.39. The molecule has 1 unspecified atom stereocenters. The number of nitrogens with zero attached hydrogens (tertiary/aromatic N) is 1. The molecule has 2 rings (SSSR count). The van der Waals surface area contributed by atoms with Gasteiger partial charge in [0.1, 0.15) is 0 Å². The van der Waals surface area contributed by atoms with E-state index in [-0.39, 0.29) is 0 Å². The molecule has 1 nitrogen and oxygen atoms in total. The van der Waals surface area contributed by atoms with Crippen LogP contribution in [0.4, 0.5) is 0 Å². The number of benzene rings is 1. The number of hydrogen-bond acceptors (Lipinski definition) is 2. The Morgan fingerprint density at radius 2 is 2.18 bits per heavy atom. The standard InChI is InChI=1S/C14H16BrNS/c1-4-9(2)14-16-13(10(3)17-14)11-6-5-7-12(15)8-11/h5-9H,4H2,1-3H3. The van der Waals surface area contributed by atoms with Crippen LogP contribution in [0.1, 0.15) is 36.1 Å². The zero-order valence-electron chi connectivity index (χ0n) is 10.3. The average molecular weight is 310 g/mol. The van der Waals surface area contributed by atoms with Crippen LogP contribution < -0.4 is 0 Å². The Morgan fingerprint density at radius 1 is 1.41 bits per heavy atom. The maximum atomic E-state index is 4.79. The highest BCUT2D eigenvalue weighted by atomic mass is 79.9. The van der Waals surface area contributed by atoms with Gasteiger partial charge in [-0.2, -0.15) is 0 Å². The van der Waals surface area contributed by atoms with Gasteiger partial charge in [-0.15, -0.1) is 11.3 Å². The molecule has 0 aliphatic rings. The molecule has 0 radical (unpaired) electrons. The topological polar surface area (TPSA) is 12.9 Å². The lowest BCUT2D eigenvalue weighted by Crippen LogP contribution is -1.89. The molecule has 1 atom stereocenters. The quantitative estimate of drug-likeness (QED) is 0.740. The van der Waals surface area contributed by atoms with E-state index in [0.29, 0.717) is 5.92 Å². The minimum absolute atomic E-state index is 0.555. The van der Waals surface area contributed by atoms with E-state index in [2.05, 4.69) is 54.9 Å². The van der Waals surface area contributed by atoms with Gasteiger partial charge < -0.3 is 0 Å². The van der Waals surface area contributed by atoms with Crippen molar-refractivity contribution in [2.75, 3.05) is 0 Å². The molecule has 0 saturated heterocycles. The fourth-order valence-electron chi connectivity index (χ4n) is 1.71. The van der Waals surface area contributed by atoms with Crippen molar-refractivity contribution in [3.8, 4) is 11.3 Å². The first-order valence-electron chi connectivity index (χ1n) is 5.85. The first kappa shape index (κ1) is 12.8. The third-order valence-corrected chi connectivity index (χ3v) is 4.64. The summed E-state index contributed by atoms with van der Waals surface area (Å²) in [6.07, 6.45) is 1.14. The van der Waals surface area contributed by atoms with Gasteiger partial charge in [0.25, 0.3) is 0 Å². The van der Waals surface area contributed by atoms with Crippen LogP contribution in [-0.4, -0.2) is 4.98 Å². The number of halogens is 1. The van der Waals surface area contributed by atoms with Crippen LogP contribution in [0, 0.1) is 6.92 Å². The fraction of sp³-hybridized carbons (Fsp3) is 0.357. The van der Waals surface area contributed by atoms with Gasteiger partial charge in [-0.3, -0.25) is 0 Å². The van der Waals surface area contributed by atoms with E-state index in [4.69, 9.17) is 4.98 Å². The Bertz CT molecular complexity index is 519.